The Hall–Kier alpha value is -0.340. The summed E-state index contributed by atoms with van der Waals surface area (Å²) in [7, 11) is 0. The van der Waals surface area contributed by atoms with Crippen molar-refractivity contribution in [2.45, 2.75) is 36.7 Å². The molecule has 1 aromatic rings. The Morgan fingerprint density at radius 3 is 2.56 bits per heavy atom. The molecule has 1 nitrogen and oxygen atoms in total. The van der Waals surface area contributed by atoms with Crippen molar-refractivity contribution in [1.29, 1.82) is 0 Å². The van der Waals surface area contributed by atoms with E-state index < -0.39 is 0 Å². The maximum absolute atomic E-state index is 3.87. The number of piperidine rings is 1. The van der Waals surface area contributed by atoms with Crippen LogP contribution in [-0.4, -0.2) is 22.3 Å². The fourth-order valence-corrected chi connectivity index (χ4v) is 4.33. The molecule has 0 amide bonds. The SMILES string of the molecule is C[C@H](c1ccccc1)N1C[C@@H]2CC[C@H]1[C@H]2Br. The predicted octanol–water partition coefficient (Wildman–Crippen LogP) is 3.61. The third-order valence-electron chi connectivity index (χ3n) is 4.30. The molecular formula is C14H18BrN. The zero-order chi connectivity index (χ0) is 11.1. The average molecular weight is 280 g/mol. The first kappa shape index (κ1) is 10.8. The lowest BCUT2D eigenvalue weighted by Gasteiger charge is -2.33. The highest BCUT2D eigenvalue weighted by atomic mass is 79.9. The Labute approximate surface area is 106 Å². The minimum Gasteiger partial charge on any atom is -0.292 e. The van der Waals surface area contributed by atoms with Gasteiger partial charge in [0.2, 0.25) is 0 Å². The number of alkyl halides is 1. The average Bonchev–Trinajstić information content (AvgIpc) is 2.85. The van der Waals surface area contributed by atoms with Gasteiger partial charge in [0, 0.05) is 23.5 Å². The number of nitrogens with zero attached hydrogens (tertiary/aromatic N) is 1. The van der Waals surface area contributed by atoms with Crippen LogP contribution in [0.15, 0.2) is 30.3 Å². The Kier molecular flexibility index (Phi) is 2.80. The van der Waals surface area contributed by atoms with Crippen LogP contribution in [-0.2, 0) is 0 Å². The number of likely N-dealkylation sites (tertiary alicyclic amines) is 1. The molecule has 0 N–H and O–H groups in total. The summed E-state index contributed by atoms with van der Waals surface area (Å²) >= 11 is 3.87. The van der Waals surface area contributed by atoms with Crippen LogP contribution in [0.5, 0.6) is 0 Å². The summed E-state index contributed by atoms with van der Waals surface area (Å²) in [6.45, 7) is 3.62. The molecule has 0 spiro atoms. The highest BCUT2D eigenvalue weighted by molar-refractivity contribution is 9.09. The van der Waals surface area contributed by atoms with Crippen molar-refractivity contribution < 1.29 is 0 Å². The van der Waals surface area contributed by atoms with E-state index in [1.165, 1.54) is 24.9 Å². The number of benzene rings is 1. The Morgan fingerprint density at radius 1 is 1.25 bits per heavy atom. The van der Waals surface area contributed by atoms with Crippen LogP contribution in [0.4, 0.5) is 0 Å². The number of fused-ring (bicyclic) bond motifs is 2. The van der Waals surface area contributed by atoms with Gasteiger partial charge in [-0.1, -0.05) is 46.3 Å². The first-order chi connectivity index (χ1) is 7.77. The Bertz CT molecular complexity index is 364. The molecule has 1 saturated heterocycles. The lowest BCUT2D eigenvalue weighted by Crippen LogP contribution is -2.35. The predicted molar refractivity (Wildman–Crippen MR) is 70.8 cm³/mol. The van der Waals surface area contributed by atoms with Crippen molar-refractivity contribution in [2.24, 2.45) is 5.92 Å². The van der Waals surface area contributed by atoms with Gasteiger partial charge in [0.05, 0.1) is 0 Å². The third-order valence-corrected chi connectivity index (χ3v) is 5.66. The first-order valence-electron chi connectivity index (χ1n) is 6.22. The summed E-state index contributed by atoms with van der Waals surface area (Å²) in [5.74, 6) is 0.885. The second-order valence-electron chi connectivity index (χ2n) is 5.13. The molecule has 2 aliphatic rings. The van der Waals surface area contributed by atoms with Crippen molar-refractivity contribution in [3.63, 3.8) is 0 Å². The van der Waals surface area contributed by atoms with Gasteiger partial charge >= 0.3 is 0 Å². The van der Waals surface area contributed by atoms with Crippen LogP contribution < -0.4 is 0 Å². The van der Waals surface area contributed by atoms with Crippen LogP contribution in [0.1, 0.15) is 31.4 Å². The van der Waals surface area contributed by atoms with Gasteiger partial charge in [0.15, 0.2) is 0 Å². The summed E-state index contributed by atoms with van der Waals surface area (Å²) in [5.41, 5.74) is 1.45. The zero-order valence-corrected chi connectivity index (χ0v) is 11.2. The van der Waals surface area contributed by atoms with E-state index in [9.17, 15) is 0 Å². The van der Waals surface area contributed by atoms with Gasteiger partial charge in [0.1, 0.15) is 0 Å². The van der Waals surface area contributed by atoms with Crippen molar-refractivity contribution in [2.75, 3.05) is 6.54 Å². The molecule has 2 bridgehead atoms. The van der Waals surface area contributed by atoms with Crippen LogP contribution in [0, 0.1) is 5.92 Å². The standard InChI is InChI=1S/C14H18BrN/c1-10(11-5-3-2-4-6-11)16-9-12-7-8-13(16)14(12)15/h2-6,10,12-14H,7-9H2,1H3/t10-,12+,13+,14+/m1/s1. The molecule has 1 aliphatic carbocycles. The molecule has 0 aromatic heterocycles. The number of halogens is 1. The van der Waals surface area contributed by atoms with E-state index in [1.807, 2.05) is 0 Å². The van der Waals surface area contributed by atoms with E-state index in [-0.39, 0.29) is 0 Å². The molecule has 1 saturated carbocycles. The fraction of sp³-hybridized carbons (Fsp3) is 0.571. The lowest BCUT2D eigenvalue weighted by molar-refractivity contribution is 0.161. The summed E-state index contributed by atoms with van der Waals surface area (Å²) in [5, 5.41) is 0. The highest BCUT2D eigenvalue weighted by Crippen LogP contribution is 2.45. The molecule has 0 unspecified atom stereocenters. The van der Waals surface area contributed by atoms with Crippen LogP contribution in [0.2, 0.25) is 0 Å². The van der Waals surface area contributed by atoms with E-state index in [0.717, 1.165) is 16.8 Å². The second kappa shape index (κ2) is 4.15. The van der Waals surface area contributed by atoms with Gasteiger partial charge in [-0.15, -0.1) is 0 Å². The van der Waals surface area contributed by atoms with E-state index in [0.29, 0.717) is 6.04 Å². The molecule has 2 fully saturated rings. The van der Waals surface area contributed by atoms with Crippen molar-refractivity contribution >= 4 is 15.9 Å². The van der Waals surface area contributed by atoms with E-state index in [2.05, 4.69) is 58.1 Å². The maximum Gasteiger partial charge on any atom is 0.0342 e. The summed E-state index contributed by atoms with van der Waals surface area (Å²) in [4.78, 5) is 3.42. The monoisotopic (exact) mass is 279 g/mol. The maximum atomic E-state index is 3.87. The van der Waals surface area contributed by atoms with Gasteiger partial charge in [-0.2, -0.15) is 0 Å². The number of rotatable bonds is 2. The Morgan fingerprint density at radius 2 is 2.00 bits per heavy atom. The largest absolute Gasteiger partial charge is 0.292 e. The Balaban J connectivity index is 1.80. The molecule has 86 valence electrons. The van der Waals surface area contributed by atoms with Crippen molar-refractivity contribution in [3.05, 3.63) is 35.9 Å². The zero-order valence-electron chi connectivity index (χ0n) is 9.64. The minimum absolute atomic E-state index is 0.566. The summed E-state index contributed by atoms with van der Waals surface area (Å²) in [6, 6.07) is 12.2. The van der Waals surface area contributed by atoms with Crippen molar-refractivity contribution in [1.82, 2.24) is 4.90 Å². The molecule has 1 aromatic carbocycles. The van der Waals surface area contributed by atoms with E-state index >= 15 is 0 Å². The molecule has 4 atom stereocenters. The molecule has 16 heavy (non-hydrogen) atoms. The second-order valence-corrected chi connectivity index (χ2v) is 6.19. The van der Waals surface area contributed by atoms with Crippen LogP contribution in [0.25, 0.3) is 0 Å². The molecular weight excluding hydrogens is 262 g/mol. The number of hydrogen-bond acceptors (Lipinski definition) is 1. The quantitative estimate of drug-likeness (QED) is 0.748. The lowest BCUT2D eigenvalue weighted by atomic mass is 10.0. The molecule has 0 radical (unpaired) electrons. The first-order valence-corrected chi connectivity index (χ1v) is 7.13. The van der Waals surface area contributed by atoms with E-state index in [4.69, 9.17) is 0 Å². The van der Waals surface area contributed by atoms with Crippen LogP contribution >= 0.6 is 15.9 Å². The van der Waals surface area contributed by atoms with Gasteiger partial charge in [0.25, 0.3) is 0 Å². The molecule has 1 heterocycles. The summed E-state index contributed by atoms with van der Waals surface area (Å²) < 4.78 is 0. The van der Waals surface area contributed by atoms with Crippen LogP contribution in [0.3, 0.4) is 0 Å². The van der Waals surface area contributed by atoms with Gasteiger partial charge in [-0.25, -0.2) is 0 Å². The molecule has 1 aliphatic heterocycles. The normalized spacial score (nSPS) is 35.5. The molecule has 3 rings (SSSR count). The van der Waals surface area contributed by atoms with Gasteiger partial charge < -0.3 is 0 Å². The van der Waals surface area contributed by atoms with Gasteiger partial charge in [-0.3, -0.25) is 4.90 Å². The van der Waals surface area contributed by atoms with Crippen molar-refractivity contribution in [3.8, 4) is 0 Å². The third kappa shape index (κ3) is 1.63. The number of hydrogen-bond donors (Lipinski definition) is 0. The van der Waals surface area contributed by atoms with Gasteiger partial charge in [-0.05, 0) is 31.2 Å². The van der Waals surface area contributed by atoms with E-state index in [1.54, 1.807) is 0 Å². The summed E-state index contributed by atoms with van der Waals surface area (Å²) in [6.07, 6.45) is 2.79. The minimum atomic E-state index is 0.566. The fourth-order valence-electron chi connectivity index (χ4n) is 3.33. The molecule has 2 heteroatoms. The highest BCUT2D eigenvalue weighted by Gasteiger charge is 2.46. The smallest absolute Gasteiger partial charge is 0.0342 e. The topological polar surface area (TPSA) is 3.24 Å².